The SMILES string of the molecule is Cc1ccc(CN(CCc2cscn2)C(=O)C2CCCO2)o1. The van der Waals surface area contributed by atoms with Crippen LogP contribution in [-0.2, 0) is 22.5 Å². The Morgan fingerprint density at radius 1 is 1.50 bits per heavy atom. The zero-order valence-electron chi connectivity index (χ0n) is 12.7. The Kier molecular flexibility index (Phi) is 4.90. The van der Waals surface area contributed by atoms with Crippen molar-refractivity contribution in [2.45, 2.75) is 38.8 Å². The summed E-state index contributed by atoms with van der Waals surface area (Å²) < 4.78 is 11.2. The normalized spacial score (nSPS) is 17.8. The van der Waals surface area contributed by atoms with Crippen LogP contribution in [0.1, 0.15) is 30.1 Å². The average molecular weight is 320 g/mol. The number of thiazole rings is 1. The standard InChI is InChI=1S/C16H20N2O3S/c1-12-4-5-14(21-12)9-18(7-6-13-10-22-11-17-13)16(19)15-3-2-8-20-15/h4-5,10-11,15H,2-3,6-9H2,1H3. The first-order valence-corrected chi connectivity index (χ1v) is 8.49. The van der Waals surface area contributed by atoms with E-state index in [-0.39, 0.29) is 12.0 Å². The number of hydrogen-bond donors (Lipinski definition) is 0. The highest BCUT2D eigenvalue weighted by molar-refractivity contribution is 7.07. The van der Waals surface area contributed by atoms with Gasteiger partial charge in [-0.1, -0.05) is 0 Å². The number of hydrogen-bond acceptors (Lipinski definition) is 5. The minimum absolute atomic E-state index is 0.0572. The summed E-state index contributed by atoms with van der Waals surface area (Å²) in [5.41, 5.74) is 2.84. The fourth-order valence-electron chi connectivity index (χ4n) is 2.61. The van der Waals surface area contributed by atoms with E-state index in [1.54, 1.807) is 11.3 Å². The lowest BCUT2D eigenvalue weighted by atomic mass is 10.2. The van der Waals surface area contributed by atoms with E-state index in [0.29, 0.717) is 19.7 Å². The molecule has 0 radical (unpaired) electrons. The third-order valence-electron chi connectivity index (χ3n) is 3.78. The highest BCUT2D eigenvalue weighted by atomic mass is 32.1. The molecule has 0 N–H and O–H groups in total. The molecule has 1 unspecified atom stereocenters. The molecule has 6 heteroatoms. The largest absolute Gasteiger partial charge is 0.464 e. The van der Waals surface area contributed by atoms with E-state index in [1.165, 1.54) is 0 Å². The molecule has 0 bridgehead atoms. The number of nitrogens with zero attached hydrogens (tertiary/aromatic N) is 2. The van der Waals surface area contributed by atoms with Crippen LogP contribution in [0.2, 0.25) is 0 Å². The topological polar surface area (TPSA) is 55.6 Å². The smallest absolute Gasteiger partial charge is 0.252 e. The van der Waals surface area contributed by atoms with Crippen molar-refractivity contribution < 1.29 is 13.9 Å². The molecule has 0 aromatic carbocycles. The Labute approximate surface area is 133 Å². The van der Waals surface area contributed by atoms with E-state index in [2.05, 4.69) is 4.98 Å². The van der Waals surface area contributed by atoms with Crippen molar-refractivity contribution in [3.8, 4) is 0 Å². The molecule has 1 atom stereocenters. The summed E-state index contributed by atoms with van der Waals surface area (Å²) in [5.74, 6) is 1.72. The predicted octanol–water partition coefficient (Wildman–Crippen LogP) is 2.79. The minimum atomic E-state index is -0.300. The number of furan rings is 1. The van der Waals surface area contributed by atoms with Crippen molar-refractivity contribution in [3.05, 3.63) is 40.2 Å². The van der Waals surface area contributed by atoms with Crippen LogP contribution in [0.25, 0.3) is 0 Å². The van der Waals surface area contributed by atoms with Gasteiger partial charge in [0.1, 0.15) is 17.6 Å². The third kappa shape index (κ3) is 3.75. The lowest BCUT2D eigenvalue weighted by molar-refractivity contribution is -0.141. The van der Waals surface area contributed by atoms with Crippen molar-refractivity contribution >= 4 is 17.2 Å². The number of amides is 1. The molecule has 1 fully saturated rings. The van der Waals surface area contributed by atoms with Gasteiger partial charge in [-0.05, 0) is 31.9 Å². The monoisotopic (exact) mass is 320 g/mol. The predicted molar refractivity (Wildman–Crippen MR) is 83.7 cm³/mol. The lowest BCUT2D eigenvalue weighted by Crippen LogP contribution is -2.39. The quantitative estimate of drug-likeness (QED) is 0.821. The van der Waals surface area contributed by atoms with E-state index in [9.17, 15) is 4.79 Å². The summed E-state index contributed by atoms with van der Waals surface area (Å²) in [6.07, 6.45) is 2.22. The van der Waals surface area contributed by atoms with Crippen LogP contribution in [0.5, 0.6) is 0 Å². The first-order chi connectivity index (χ1) is 10.7. The second kappa shape index (κ2) is 7.07. The Hall–Kier alpha value is -1.66. The summed E-state index contributed by atoms with van der Waals surface area (Å²) >= 11 is 1.57. The Bertz CT molecular complexity index is 603. The molecule has 2 aromatic heterocycles. The van der Waals surface area contributed by atoms with Crippen LogP contribution in [0.3, 0.4) is 0 Å². The summed E-state index contributed by atoms with van der Waals surface area (Å²) in [5, 5.41) is 2.02. The van der Waals surface area contributed by atoms with E-state index in [1.807, 2.05) is 34.8 Å². The molecule has 3 rings (SSSR count). The summed E-state index contributed by atoms with van der Waals surface area (Å²) in [6, 6.07) is 3.85. The van der Waals surface area contributed by atoms with Crippen LogP contribution in [0.15, 0.2) is 27.4 Å². The first kappa shape index (κ1) is 15.2. The number of aromatic nitrogens is 1. The number of carbonyl (C=O) groups is 1. The second-order valence-electron chi connectivity index (χ2n) is 5.50. The fraction of sp³-hybridized carbons (Fsp3) is 0.500. The Morgan fingerprint density at radius 2 is 2.41 bits per heavy atom. The summed E-state index contributed by atoms with van der Waals surface area (Å²) in [7, 11) is 0. The molecule has 1 aliphatic heterocycles. The molecule has 1 amide bonds. The van der Waals surface area contributed by atoms with Crippen molar-refractivity contribution in [1.82, 2.24) is 9.88 Å². The minimum Gasteiger partial charge on any atom is -0.464 e. The van der Waals surface area contributed by atoms with Gasteiger partial charge in [-0.25, -0.2) is 4.98 Å². The van der Waals surface area contributed by atoms with Gasteiger partial charge in [0.15, 0.2) is 0 Å². The zero-order valence-corrected chi connectivity index (χ0v) is 13.5. The summed E-state index contributed by atoms with van der Waals surface area (Å²) in [4.78, 5) is 18.8. The van der Waals surface area contributed by atoms with Gasteiger partial charge in [-0.3, -0.25) is 4.79 Å². The van der Waals surface area contributed by atoms with Crippen LogP contribution in [0, 0.1) is 6.92 Å². The average Bonchev–Trinajstić information content (AvgIpc) is 3.25. The Balaban J connectivity index is 1.67. The molecular formula is C16H20N2O3S. The van der Waals surface area contributed by atoms with Gasteiger partial charge < -0.3 is 14.1 Å². The molecule has 2 aromatic rings. The van der Waals surface area contributed by atoms with Gasteiger partial charge in [0.05, 0.1) is 17.7 Å². The van der Waals surface area contributed by atoms with Gasteiger partial charge in [-0.15, -0.1) is 11.3 Å². The van der Waals surface area contributed by atoms with Crippen molar-refractivity contribution in [2.24, 2.45) is 0 Å². The highest BCUT2D eigenvalue weighted by Gasteiger charge is 2.28. The molecule has 118 valence electrons. The number of ether oxygens (including phenoxy) is 1. The fourth-order valence-corrected chi connectivity index (χ4v) is 3.20. The highest BCUT2D eigenvalue weighted by Crippen LogP contribution is 2.18. The molecule has 0 spiro atoms. The molecule has 0 saturated carbocycles. The van der Waals surface area contributed by atoms with Gasteiger partial charge >= 0.3 is 0 Å². The molecule has 1 aliphatic rings. The van der Waals surface area contributed by atoms with Crippen LogP contribution in [-0.4, -0.2) is 35.0 Å². The molecule has 0 aliphatic carbocycles. The number of carbonyl (C=O) groups excluding carboxylic acids is 1. The second-order valence-corrected chi connectivity index (χ2v) is 6.22. The van der Waals surface area contributed by atoms with Crippen molar-refractivity contribution in [3.63, 3.8) is 0 Å². The third-order valence-corrected chi connectivity index (χ3v) is 4.42. The van der Waals surface area contributed by atoms with Gasteiger partial charge in [0.2, 0.25) is 0 Å². The van der Waals surface area contributed by atoms with E-state index >= 15 is 0 Å². The zero-order chi connectivity index (χ0) is 15.4. The molecule has 1 saturated heterocycles. The maximum atomic E-state index is 12.7. The van der Waals surface area contributed by atoms with Crippen LogP contribution in [0.4, 0.5) is 0 Å². The van der Waals surface area contributed by atoms with Gasteiger partial charge in [-0.2, -0.15) is 0 Å². The Morgan fingerprint density at radius 3 is 3.05 bits per heavy atom. The molecular weight excluding hydrogens is 300 g/mol. The maximum absolute atomic E-state index is 12.7. The van der Waals surface area contributed by atoms with Crippen molar-refractivity contribution in [1.29, 1.82) is 0 Å². The van der Waals surface area contributed by atoms with E-state index < -0.39 is 0 Å². The van der Waals surface area contributed by atoms with Crippen LogP contribution >= 0.6 is 11.3 Å². The van der Waals surface area contributed by atoms with E-state index in [4.69, 9.17) is 9.15 Å². The maximum Gasteiger partial charge on any atom is 0.252 e. The van der Waals surface area contributed by atoms with Gasteiger partial charge in [0.25, 0.3) is 5.91 Å². The summed E-state index contributed by atoms with van der Waals surface area (Å²) in [6.45, 7) is 3.69. The number of rotatable bonds is 6. The molecule has 3 heterocycles. The van der Waals surface area contributed by atoms with Crippen LogP contribution < -0.4 is 0 Å². The first-order valence-electron chi connectivity index (χ1n) is 7.55. The van der Waals surface area contributed by atoms with Gasteiger partial charge in [0, 0.05) is 25.0 Å². The molecule has 22 heavy (non-hydrogen) atoms. The van der Waals surface area contributed by atoms with Crippen molar-refractivity contribution in [2.75, 3.05) is 13.2 Å². The lowest BCUT2D eigenvalue weighted by Gasteiger charge is -2.24. The molecule has 5 nitrogen and oxygen atoms in total. The van der Waals surface area contributed by atoms with E-state index in [0.717, 1.165) is 36.5 Å². The number of aryl methyl sites for hydroxylation is 1.